The third kappa shape index (κ3) is 4.86. The van der Waals surface area contributed by atoms with Gasteiger partial charge in [0.15, 0.2) is 0 Å². The van der Waals surface area contributed by atoms with E-state index in [1.54, 1.807) is 0 Å². The molecule has 2 N–H and O–H groups in total. The van der Waals surface area contributed by atoms with Crippen molar-refractivity contribution in [2.75, 3.05) is 0 Å². The Hall–Kier alpha value is -2.26. The first-order chi connectivity index (χ1) is 11.8. The average Bonchev–Trinajstić information content (AvgIpc) is 2.53. The van der Waals surface area contributed by atoms with Crippen LogP contribution in [0.4, 0.5) is 0 Å². The maximum atomic E-state index is 5.96. The van der Waals surface area contributed by atoms with Crippen LogP contribution in [-0.2, 0) is 13.0 Å². The SMILES string of the molecule is C=c1nc(C)nc(C)/c1=C/C=C(\C)c1ccc(CC(C)C)c(CN)c1. The fourth-order valence-corrected chi connectivity index (χ4v) is 3.01. The molecule has 0 aliphatic carbocycles. The van der Waals surface area contributed by atoms with Gasteiger partial charge in [-0.1, -0.05) is 44.7 Å². The first-order valence-corrected chi connectivity index (χ1v) is 8.83. The van der Waals surface area contributed by atoms with Gasteiger partial charge in [-0.25, -0.2) is 9.97 Å². The molecular formula is C22H29N3. The number of nitrogens with two attached hydrogens (primary N) is 1. The van der Waals surface area contributed by atoms with Crippen LogP contribution >= 0.6 is 0 Å². The van der Waals surface area contributed by atoms with Gasteiger partial charge in [-0.3, -0.25) is 0 Å². The van der Waals surface area contributed by atoms with Gasteiger partial charge in [0.25, 0.3) is 0 Å². The Labute approximate surface area is 151 Å². The molecule has 132 valence electrons. The average molecular weight is 335 g/mol. The summed E-state index contributed by atoms with van der Waals surface area (Å²) in [6, 6.07) is 6.60. The molecule has 0 saturated heterocycles. The Kier molecular flexibility index (Phi) is 6.27. The molecule has 3 nitrogen and oxygen atoms in total. The van der Waals surface area contributed by atoms with Crippen molar-refractivity contribution in [3.8, 4) is 0 Å². The largest absolute Gasteiger partial charge is 0.326 e. The van der Waals surface area contributed by atoms with E-state index in [0.717, 1.165) is 28.5 Å². The van der Waals surface area contributed by atoms with Crippen molar-refractivity contribution in [3.05, 3.63) is 63.1 Å². The molecule has 25 heavy (non-hydrogen) atoms. The third-order valence-electron chi connectivity index (χ3n) is 4.34. The Balaban J connectivity index is 2.41. The molecule has 2 aromatic rings. The molecule has 0 saturated carbocycles. The second-order valence-electron chi connectivity index (χ2n) is 7.02. The van der Waals surface area contributed by atoms with E-state index in [1.165, 1.54) is 22.3 Å². The first-order valence-electron chi connectivity index (χ1n) is 8.83. The molecule has 3 heteroatoms. The predicted octanol–water partition coefficient (Wildman–Crippen LogP) is 3.04. The van der Waals surface area contributed by atoms with E-state index < -0.39 is 0 Å². The molecule has 1 heterocycles. The highest BCUT2D eigenvalue weighted by atomic mass is 14.9. The number of hydrogen-bond donors (Lipinski definition) is 1. The van der Waals surface area contributed by atoms with Crippen molar-refractivity contribution in [3.63, 3.8) is 0 Å². The lowest BCUT2D eigenvalue weighted by Gasteiger charge is -2.12. The molecule has 0 atom stereocenters. The van der Waals surface area contributed by atoms with Crippen molar-refractivity contribution >= 4 is 18.2 Å². The number of benzene rings is 1. The maximum Gasteiger partial charge on any atom is 0.126 e. The fourth-order valence-electron chi connectivity index (χ4n) is 3.01. The summed E-state index contributed by atoms with van der Waals surface area (Å²) >= 11 is 0. The van der Waals surface area contributed by atoms with Crippen LogP contribution in [0.15, 0.2) is 24.3 Å². The van der Waals surface area contributed by atoms with Gasteiger partial charge >= 0.3 is 0 Å². The third-order valence-corrected chi connectivity index (χ3v) is 4.34. The van der Waals surface area contributed by atoms with Crippen molar-refractivity contribution < 1.29 is 0 Å². The Morgan fingerprint density at radius 1 is 1.20 bits per heavy atom. The van der Waals surface area contributed by atoms with Crippen LogP contribution in [0.5, 0.6) is 0 Å². The zero-order valence-electron chi connectivity index (χ0n) is 16.1. The second kappa shape index (κ2) is 8.21. The molecule has 0 aliphatic rings. The lowest BCUT2D eigenvalue weighted by atomic mass is 9.94. The van der Waals surface area contributed by atoms with Crippen LogP contribution in [0, 0.1) is 19.8 Å². The summed E-state index contributed by atoms with van der Waals surface area (Å²) in [6.45, 7) is 15.1. The number of nitrogens with zero attached hydrogens (tertiary/aromatic N) is 2. The van der Waals surface area contributed by atoms with Gasteiger partial charge < -0.3 is 5.73 Å². The van der Waals surface area contributed by atoms with Gasteiger partial charge in [0.1, 0.15) is 5.82 Å². The van der Waals surface area contributed by atoms with E-state index in [2.05, 4.69) is 67.7 Å². The molecule has 0 radical (unpaired) electrons. The smallest absolute Gasteiger partial charge is 0.126 e. The van der Waals surface area contributed by atoms with Crippen LogP contribution in [0.1, 0.15) is 49.0 Å². The maximum absolute atomic E-state index is 5.96. The minimum atomic E-state index is 0.570. The quantitative estimate of drug-likeness (QED) is 0.914. The number of hydrogen-bond acceptors (Lipinski definition) is 3. The number of rotatable bonds is 5. The highest BCUT2D eigenvalue weighted by molar-refractivity contribution is 5.70. The van der Waals surface area contributed by atoms with Crippen molar-refractivity contribution in [1.29, 1.82) is 0 Å². The minimum Gasteiger partial charge on any atom is -0.326 e. The Bertz CT molecular complexity index is 892. The van der Waals surface area contributed by atoms with E-state index in [0.29, 0.717) is 12.5 Å². The van der Waals surface area contributed by atoms with E-state index in [4.69, 9.17) is 5.73 Å². The van der Waals surface area contributed by atoms with Crippen LogP contribution in [0.25, 0.3) is 18.2 Å². The summed E-state index contributed by atoms with van der Waals surface area (Å²) in [5, 5.41) is 1.75. The summed E-state index contributed by atoms with van der Waals surface area (Å²) in [6.07, 6.45) is 5.22. The summed E-state index contributed by atoms with van der Waals surface area (Å²) in [7, 11) is 0. The van der Waals surface area contributed by atoms with Crippen LogP contribution in [0.3, 0.4) is 0 Å². The zero-order chi connectivity index (χ0) is 18.6. The Morgan fingerprint density at radius 3 is 2.52 bits per heavy atom. The van der Waals surface area contributed by atoms with Crippen LogP contribution < -0.4 is 16.3 Å². The van der Waals surface area contributed by atoms with Gasteiger partial charge in [-0.15, -0.1) is 0 Å². The first kappa shape index (κ1) is 19.1. The van der Waals surface area contributed by atoms with E-state index >= 15 is 0 Å². The van der Waals surface area contributed by atoms with Gasteiger partial charge in [-0.05, 0) is 61.4 Å². The molecule has 0 fully saturated rings. The number of aromatic nitrogens is 2. The molecule has 2 rings (SSSR count). The van der Waals surface area contributed by atoms with Gasteiger partial charge in [0.05, 0.1) is 5.35 Å². The monoisotopic (exact) mass is 335 g/mol. The number of allylic oxidation sites excluding steroid dienone is 2. The highest BCUT2D eigenvalue weighted by Gasteiger charge is 2.06. The van der Waals surface area contributed by atoms with Gasteiger partial charge in [-0.2, -0.15) is 0 Å². The molecule has 0 aliphatic heterocycles. The molecule has 0 unspecified atom stereocenters. The lowest BCUT2D eigenvalue weighted by Crippen LogP contribution is -2.31. The molecule has 1 aromatic heterocycles. The molecule has 0 bridgehead atoms. The van der Waals surface area contributed by atoms with Crippen LogP contribution in [0.2, 0.25) is 0 Å². The van der Waals surface area contributed by atoms with Crippen LogP contribution in [-0.4, -0.2) is 9.97 Å². The van der Waals surface area contributed by atoms with E-state index in [-0.39, 0.29) is 0 Å². The van der Waals surface area contributed by atoms with Gasteiger partial charge in [0, 0.05) is 17.5 Å². The number of aryl methyl sites for hydroxylation is 2. The van der Waals surface area contributed by atoms with E-state index in [9.17, 15) is 0 Å². The highest BCUT2D eigenvalue weighted by Crippen LogP contribution is 2.21. The normalized spacial score (nSPS) is 12.9. The fraction of sp³-hybridized carbons (Fsp3) is 0.364. The van der Waals surface area contributed by atoms with Gasteiger partial charge in [0.2, 0.25) is 0 Å². The molecular weight excluding hydrogens is 306 g/mol. The topological polar surface area (TPSA) is 51.8 Å². The standard InChI is InChI=1S/C22H29N3/c1-14(2)11-20-9-8-19(12-21(20)13-23)15(3)7-10-22-16(4)24-18(6)25-17(22)5/h7-10,12,14H,4,11,13,23H2,1-3,5-6H3/b15-7+,22-10+. The minimum absolute atomic E-state index is 0.570. The van der Waals surface area contributed by atoms with E-state index in [1.807, 2.05) is 13.8 Å². The van der Waals surface area contributed by atoms with Crippen molar-refractivity contribution in [1.82, 2.24) is 9.97 Å². The zero-order valence-corrected chi connectivity index (χ0v) is 16.1. The van der Waals surface area contributed by atoms with Crippen molar-refractivity contribution in [2.24, 2.45) is 11.7 Å². The Morgan fingerprint density at radius 2 is 1.92 bits per heavy atom. The summed E-state index contributed by atoms with van der Waals surface area (Å²) in [5.41, 5.74) is 11.9. The van der Waals surface area contributed by atoms with Crippen molar-refractivity contribution in [2.45, 2.75) is 47.6 Å². The molecule has 1 aromatic carbocycles. The summed E-state index contributed by atoms with van der Waals surface area (Å²) < 4.78 is 0. The molecule has 0 spiro atoms. The predicted molar refractivity (Wildman–Crippen MR) is 107 cm³/mol. The summed E-state index contributed by atoms with van der Waals surface area (Å²) in [5.74, 6) is 1.38. The second-order valence-corrected chi connectivity index (χ2v) is 7.02. The lowest BCUT2D eigenvalue weighted by molar-refractivity contribution is 0.642. The molecule has 0 amide bonds. The summed E-state index contributed by atoms with van der Waals surface area (Å²) in [4.78, 5) is 8.78.